The smallest absolute Gasteiger partial charge is 0.264 e. The fourth-order valence-corrected chi connectivity index (χ4v) is 4.06. The summed E-state index contributed by atoms with van der Waals surface area (Å²) in [5, 5.41) is 9.26. The van der Waals surface area contributed by atoms with Crippen LogP contribution >= 0.6 is 23.1 Å². The Balaban J connectivity index is 2.01. The van der Waals surface area contributed by atoms with Gasteiger partial charge >= 0.3 is 0 Å². The Labute approximate surface area is 128 Å². The first-order valence-corrected chi connectivity index (χ1v) is 8.71. The number of rotatable bonds is 3. The lowest BCUT2D eigenvalue weighted by atomic mass is 10.3. The molecular weight excluding hydrogens is 290 g/mol. The molecule has 0 aromatic carbocycles. The highest BCUT2D eigenvalue weighted by Crippen LogP contribution is 2.24. The zero-order valence-electron chi connectivity index (χ0n) is 11.6. The molecule has 1 aliphatic rings. The van der Waals surface area contributed by atoms with Crippen LogP contribution in [0.25, 0.3) is 0 Å². The zero-order chi connectivity index (χ0) is 14.4. The number of thiophene rings is 1. The molecule has 1 atom stereocenters. The summed E-state index contributed by atoms with van der Waals surface area (Å²) < 4.78 is 0. The second kappa shape index (κ2) is 7.72. The molecule has 1 aliphatic heterocycles. The minimum Gasteiger partial charge on any atom is -0.395 e. The van der Waals surface area contributed by atoms with Crippen LogP contribution in [0.3, 0.4) is 0 Å². The van der Waals surface area contributed by atoms with E-state index in [1.165, 1.54) is 11.3 Å². The molecule has 1 fully saturated rings. The molecular formula is C15H19NO2S2. The number of nitrogens with zero attached hydrogens (tertiary/aromatic N) is 1. The number of aliphatic hydroxyl groups excluding tert-OH is 1. The van der Waals surface area contributed by atoms with Gasteiger partial charge in [-0.1, -0.05) is 18.8 Å². The molecule has 2 heterocycles. The molecule has 1 unspecified atom stereocenters. The van der Waals surface area contributed by atoms with Crippen LogP contribution in [0.2, 0.25) is 0 Å². The summed E-state index contributed by atoms with van der Waals surface area (Å²) >= 11 is 3.40. The Morgan fingerprint density at radius 2 is 2.40 bits per heavy atom. The highest BCUT2D eigenvalue weighted by molar-refractivity contribution is 8.00. The number of amides is 1. The Morgan fingerprint density at radius 3 is 3.15 bits per heavy atom. The molecule has 3 nitrogen and oxygen atoms in total. The van der Waals surface area contributed by atoms with Crippen LogP contribution in [0.4, 0.5) is 0 Å². The predicted octanol–water partition coefficient (Wildman–Crippen LogP) is 2.45. The van der Waals surface area contributed by atoms with E-state index in [1.807, 2.05) is 28.8 Å². The third kappa shape index (κ3) is 4.02. The van der Waals surface area contributed by atoms with E-state index in [0.717, 1.165) is 35.0 Å². The molecule has 1 amide bonds. The van der Waals surface area contributed by atoms with Gasteiger partial charge in [-0.25, -0.2) is 0 Å². The van der Waals surface area contributed by atoms with E-state index in [0.29, 0.717) is 11.7 Å². The van der Waals surface area contributed by atoms with Crippen molar-refractivity contribution in [1.29, 1.82) is 0 Å². The molecule has 0 bridgehead atoms. The molecule has 0 radical (unpaired) electrons. The molecule has 1 aromatic heterocycles. The van der Waals surface area contributed by atoms with Crippen LogP contribution in [0.5, 0.6) is 0 Å². The third-order valence-corrected chi connectivity index (χ3v) is 5.51. The second-order valence-corrected chi connectivity index (χ2v) is 7.08. The van der Waals surface area contributed by atoms with Gasteiger partial charge in [-0.3, -0.25) is 4.79 Å². The van der Waals surface area contributed by atoms with Crippen molar-refractivity contribution in [2.75, 3.05) is 25.4 Å². The first kappa shape index (κ1) is 15.4. The van der Waals surface area contributed by atoms with Crippen molar-refractivity contribution in [2.45, 2.75) is 25.0 Å². The van der Waals surface area contributed by atoms with Gasteiger partial charge in [0.1, 0.15) is 0 Å². The summed E-state index contributed by atoms with van der Waals surface area (Å²) in [6.45, 7) is 3.94. The number of thioether (sulfide) groups is 1. The van der Waals surface area contributed by atoms with Crippen LogP contribution < -0.4 is 0 Å². The van der Waals surface area contributed by atoms with Crippen LogP contribution in [0.1, 0.15) is 34.3 Å². The maximum atomic E-state index is 12.4. The summed E-state index contributed by atoms with van der Waals surface area (Å²) in [4.78, 5) is 16.1. The van der Waals surface area contributed by atoms with E-state index >= 15 is 0 Å². The van der Waals surface area contributed by atoms with E-state index in [4.69, 9.17) is 5.11 Å². The van der Waals surface area contributed by atoms with E-state index in [2.05, 4.69) is 18.8 Å². The molecule has 1 saturated heterocycles. The molecule has 1 N–H and O–H groups in total. The van der Waals surface area contributed by atoms with Crippen LogP contribution in [-0.4, -0.2) is 46.6 Å². The first-order valence-electron chi connectivity index (χ1n) is 6.85. The summed E-state index contributed by atoms with van der Waals surface area (Å²) in [6.07, 6.45) is 1.58. The Hall–Kier alpha value is -0.960. The zero-order valence-corrected chi connectivity index (χ0v) is 13.2. The number of hydrogen-bond donors (Lipinski definition) is 1. The topological polar surface area (TPSA) is 40.5 Å². The Bertz CT molecular complexity index is 515. The van der Waals surface area contributed by atoms with Crippen molar-refractivity contribution < 1.29 is 9.90 Å². The predicted molar refractivity (Wildman–Crippen MR) is 85.3 cm³/mol. The van der Waals surface area contributed by atoms with Crippen molar-refractivity contribution in [1.82, 2.24) is 4.90 Å². The van der Waals surface area contributed by atoms with Gasteiger partial charge in [0, 0.05) is 30.5 Å². The third-order valence-electron chi connectivity index (χ3n) is 3.15. The quantitative estimate of drug-likeness (QED) is 0.872. The van der Waals surface area contributed by atoms with Crippen molar-refractivity contribution in [3.05, 3.63) is 21.9 Å². The van der Waals surface area contributed by atoms with Crippen molar-refractivity contribution in [3.8, 4) is 11.8 Å². The van der Waals surface area contributed by atoms with E-state index in [9.17, 15) is 4.79 Å². The summed E-state index contributed by atoms with van der Waals surface area (Å²) in [7, 11) is 0. The summed E-state index contributed by atoms with van der Waals surface area (Å²) in [5.74, 6) is 7.01. The van der Waals surface area contributed by atoms with Gasteiger partial charge in [-0.2, -0.15) is 11.8 Å². The largest absolute Gasteiger partial charge is 0.395 e. The van der Waals surface area contributed by atoms with Crippen molar-refractivity contribution >= 4 is 29.0 Å². The molecule has 2 rings (SSSR count). The van der Waals surface area contributed by atoms with Gasteiger partial charge < -0.3 is 10.0 Å². The number of carbonyl (C=O) groups excluding carboxylic acids is 1. The fourth-order valence-electron chi connectivity index (χ4n) is 2.03. The van der Waals surface area contributed by atoms with Gasteiger partial charge in [0.15, 0.2) is 0 Å². The standard InChI is InChI=1S/C15H19NO2S2/c1-2-12-11-16(8-10-19-12)15(18)14-7-6-13(20-14)5-3-4-9-17/h6-7,12,17H,2,4,8-11H2,1H3. The summed E-state index contributed by atoms with van der Waals surface area (Å²) in [5.41, 5.74) is 0. The molecule has 20 heavy (non-hydrogen) atoms. The van der Waals surface area contributed by atoms with Crippen LogP contribution in [0.15, 0.2) is 12.1 Å². The molecule has 108 valence electrons. The fraction of sp³-hybridized carbons (Fsp3) is 0.533. The van der Waals surface area contributed by atoms with Crippen LogP contribution in [-0.2, 0) is 0 Å². The monoisotopic (exact) mass is 309 g/mol. The lowest BCUT2D eigenvalue weighted by molar-refractivity contribution is 0.0766. The van der Waals surface area contributed by atoms with Gasteiger partial charge in [0.2, 0.25) is 0 Å². The van der Waals surface area contributed by atoms with E-state index in [-0.39, 0.29) is 12.5 Å². The normalized spacial score (nSPS) is 18.5. The molecule has 0 aliphatic carbocycles. The van der Waals surface area contributed by atoms with Gasteiger partial charge in [0.25, 0.3) is 5.91 Å². The van der Waals surface area contributed by atoms with Crippen molar-refractivity contribution in [3.63, 3.8) is 0 Å². The summed E-state index contributed by atoms with van der Waals surface area (Å²) in [6, 6.07) is 3.75. The van der Waals surface area contributed by atoms with E-state index in [1.54, 1.807) is 0 Å². The van der Waals surface area contributed by atoms with Gasteiger partial charge in [0.05, 0.1) is 16.4 Å². The average Bonchev–Trinajstić information content (AvgIpc) is 2.95. The Kier molecular flexibility index (Phi) is 5.96. The number of hydrogen-bond acceptors (Lipinski definition) is 4. The molecule has 0 saturated carbocycles. The highest BCUT2D eigenvalue weighted by atomic mass is 32.2. The lowest BCUT2D eigenvalue weighted by Gasteiger charge is -2.31. The minimum absolute atomic E-state index is 0.0774. The Morgan fingerprint density at radius 1 is 1.55 bits per heavy atom. The highest BCUT2D eigenvalue weighted by Gasteiger charge is 2.24. The maximum Gasteiger partial charge on any atom is 0.264 e. The number of carbonyl (C=O) groups is 1. The van der Waals surface area contributed by atoms with Gasteiger partial charge in [-0.15, -0.1) is 11.3 Å². The average molecular weight is 309 g/mol. The number of aliphatic hydroxyl groups is 1. The van der Waals surface area contributed by atoms with Crippen LogP contribution in [0, 0.1) is 11.8 Å². The SMILES string of the molecule is CCC1CN(C(=O)c2ccc(C#CCCO)s2)CCS1. The second-order valence-electron chi connectivity index (χ2n) is 4.59. The molecule has 0 spiro atoms. The lowest BCUT2D eigenvalue weighted by Crippen LogP contribution is -2.41. The first-order chi connectivity index (χ1) is 9.74. The maximum absolute atomic E-state index is 12.4. The minimum atomic E-state index is 0.0774. The van der Waals surface area contributed by atoms with Gasteiger partial charge in [-0.05, 0) is 18.6 Å². The molecule has 1 aromatic rings. The molecule has 5 heteroatoms. The van der Waals surface area contributed by atoms with Crippen molar-refractivity contribution in [2.24, 2.45) is 0 Å². The van der Waals surface area contributed by atoms with E-state index < -0.39 is 0 Å².